The third-order valence-corrected chi connectivity index (χ3v) is 6.57. The monoisotopic (exact) mass is 526 g/mol. The largest absolute Gasteiger partial charge is 0.493 e. The molecular formula is C24H24Cl2N8O2. The number of aromatic nitrogens is 2. The zero-order valence-corrected chi connectivity index (χ0v) is 20.9. The lowest BCUT2D eigenvalue weighted by atomic mass is 9.90. The van der Waals surface area contributed by atoms with Crippen LogP contribution in [-0.2, 0) is 6.61 Å². The van der Waals surface area contributed by atoms with Gasteiger partial charge in [0.15, 0.2) is 11.5 Å². The van der Waals surface area contributed by atoms with Crippen molar-refractivity contribution in [1.29, 1.82) is 10.7 Å². The van der Waals surface area contributed by atoms with Crippen LogP contribution >= 0.6 is 23.2 Å². The fourth-order valence-corrected chi connectivity index (χ4v) is 4.34. The molecule has 186 valence electrons. The van der Waals surface area contributed by atoms with E-state index in [-0.39, 0.29) is 12.3 Å². The Morgan fingerprint density at radius 1 is 1.19 bits per heavy atom. The number of hydrogen-bond acceptors (Lipinski definition) is 10. The molecule has 36 heavy (non-hydrogen) atoms. The minimum Gasteiger partial charge on any atom is -0.493 e. The van der Waals surface area contributed by atoms with Gasteiger partial charge >= 0.3 is 0 Å². The molecule has 1 aliphatic rings. The highest BCUT2D eigenvalue weighted by Gasteiger charge is 2.39. The SMILES string of the molecule is COc1cc(N)c(C(=N)c2cnc(N3CC(N)(CN)C3)c(C#N)c2)cc1OCc1c(Cl)cncc1Cl. The summed E-state index contributed by atoms with van der Waals surface area (Å²) in [4.78, 5) is 10.3. The molecule has 0 amide bonds. The van der Waals surface area contributed by atoms with E-state index in [0.29, 0.717) is 74.9 Å². The first-order chi connectivity index (χ1) is 17.2. The minimum absolute atomic E-state index is 0.0450. The van der Waals surface area contributed by atoms with Gasteiger partial charge in [0.25, 0.3) is 0 Å². The summed E-state index contributed by atoms with van der Waals surface area (Å²) in [5, 5.41) is 19.2. The van der Waals surface area contributed by atoms with E-state index in [9.17, 15) is 5.26 Å². The first kappa shape index (κ1) is 25.5. The van der Waals surface area contributed by atoms with Crippen molar-refractivity contribution in [3.05, 3.63) is 69.1 Å². The molecule has 0 spiro atoms. The van der Waals surface area contributed by atoms with Crippen LogP contribution in [0.5, 0.6) is 11.5 Å². The summed E-state index contributed by atoms with van der Waals surface area (Å²) in [6.07, 6.45) is 4.47. The average molecular weight is 527 g/mol. The van der Waals surface area contributed by atoms with E-state index in [0.717, 1.165) is 0 Å². The Morgan fingerprint density at radius 3 is 2.50 bits per heavy atom. The first-order valence-corrected chi connectivity index (χ1v) is 11.6. The average Bonchev–Trinajstić information content (AvgIpc) is 2.86. The van der Waals surface area contributed by atoms with Crippen molar-refractivity contribution in [2.45, 2.75) is 12.1 Å². The first-order valence-electron chi connectivity index (χ1n) is 10.8. The maximum atomic E-state index is 9.71. The summed E-state index contributed by atoms with van der Waals surface area (Å²) in [5.41, 5.74) is 19.6. The number of nitrogens with one attached hydrogen (secondary N) is 1. The summed E-state index contributed by atoms with van der Waals surface area (Å²) in [5.74, 6) is 1.21. The third-order valence-electron chi connectivity index (χ3n) is 5.92. The molecule has 3 heterocycles. The molecule has 0 radical (unpaired) electrons. The van der Waals surface area contributed by atoms with Crippen molar-refractivity contribution in [2.75, 3.05) is 37.4 Å². The van der Waals surface area contributed by atoms with Gasteiger partial charge in [-0.05, 0) is 12.1 Å². The second-order valence-corrected chi connectivity index (χ2v) is 9.28. The number of benzene rings is 1. The van der Waals surface area contributed by atoms with Gasteiger partial charge in [-0.3, -0.25) is 10.4 Å². The van der Waals surface area contributed by atoms with Crippen LogP contribution in [0.4, 0.5) is 11.5 Å². The van der Waals surface area contributed by atoms with Crippen LogP contribution in [0.25, 0.3) is 0 Å². The number of rotatable bonds is 8. The number of halogens is 2. The number of hydrogen-bond donors (Lipinski definition) is 4. The number of ether oxygens (including phenoxy) is 2. The molecule has 10 nitrogen and oxygen atoms in total. The molecule has 0 aliphatic carbocycles. The zero-order valence-electron chi connectivity index (χ0n) is 19.4. The zero-order chi connectivity index (χ0) is 26.0. The molecule has 3 aromatic rings. The Morgan fingerprint density at radius 2 is 1.89 bits per heavy atom. The van der Waals surface area contributed by atoms with E-state index in [1.165, 1.54) is 25.7 Å². The number of nitriles is 1. The van der Waals surface area contributed by atoms with Crippen LogP contribution in [0.3, 0.4) is 0 Å². The molecule has 1 aromatic carbocycles. The van der Waals surface area contributed by atoms with Crippen LogP contribution < -0.4 is 31.6 Å². The predicted molar refractivity (Wildman–Crippen MR) is 139 cm³/mol. The number of pyridine rings is 2. The smallest absolute Gasteiger partial charge is 0.162 e. The van der Waals surface area contributed by atoms with E-state index in [2.05, 4.69) is 16.0 Å². The normalized spacial score (nSPS) is 14.1. The van der Waals surface area contributed by atoms with Gasteiger partial charge in [0, 0.05) is 66.7 Å². The highest BCUT2D eigenvalue weighted by molar-refractivity contribution is 6.35. The van der Waals surface area contributed by atoms with E-state index in [1.54, 1.807) is 18.2 Å². The van der Waals surface area contributed by atoms with Gasteiger partial charge in [-0.15, -0.1) is 0 Å². The number of nitrogens with zero attached hydrogens (tertiary/aromatic N) is 4. The van der Waals surface area contributed by atoms with Crippen molar-refractivity contribution >= 4 is 40.4 Å². The van der Waals surface area contributed by atoms with Gasteiger partial charge in [0.05, 0.1) is 34.0 Å². The third kappa shape index (κ3) is 4.87. The van der Waals surface area contributed by atoms with Crippen LogP contribution in [-0.4, -0.2) is 48.0 Å². The second-order valence-electron chi connectivity index (χ2n) is 8.47. The molecular weight excluding hydrogens is 503 g/mol. The Labute approximate surface area is 218 Å². The molecule has 4 rings (SSSR count). The molecule has 0 saturated carbocycles. The Kier molecular flexibility index (Phi) is 7.19. The quantitative estimate of drug-likeness (QED) is 0.254. The standard InChI is InChI=1S/C24H24Cl2N8O2/c1-35-20-4-19(29)15(3-21(20)36-9-16-17(25)7-32-8-18(16)26)22(30)14-2-13(5-27)23(33-6-14)34-11-24(31,10-28)12-34/h2-4,6-8,30H,9-12,28-29,31H2,1H3. The Hall–Kier alpha value is -3.62. The molecule has 0 bridgehead atoms. The van der Waals surface area contributed by atoms with E-state index in [4.69, 9.17) is 55.3 Å². The lowest BCUT2D eigenvalue weighted by Gasteiger charge is -2.47. The van der Waals surface area contributed by atoms with E-state index in [1.807, 2.05) is 4.90 Å². The number of nitrogen functional groups attached to an aromatic ring is 1. The molecule has 1 saturated heterocycles. The maximum absolute atomic E-state index is 9.71. The fraction of sp³-hybridized carbons (Fsp3) is 0.250. The van der Waals surface area contributed by atoms with Crippen molar-refractivity contribution in [2.24, 2.45) is 11.5 Å². The summed E-state index contributed by atoms with van der Waals surface area (Å²) in [7, 11) is 1.48. The van der Waals surface area contributed by atoms with Gasteiger partial charge < -0.3 is 31.6 Å². The second kappa shape index (κ2) is 10.2. The molecule has 1 fully saturated rings. The highest BCUT2D eigenvalue weighted by atomic mass is 35.5. The molecule has 12 heteroatoms. The van der Waals surface area contributed by atoms with Gasteiger partial charge in [0.1, 0.15) is 18.5 Å². The lowest BCUT2D eigenvalue weighted by molar-refractivity contribution is 0.284. The summed E-state index contributed by atoms with van der Waals surface area (Å²) >= 11 is 12.4. The van der Waals surface area contributed by atoms with Crippen molar-refractivity contribution in [1.82, 2.24) is 9.97 Å². The molecule has 0 atom stereocenters. The van der Waals surface area contributed by atoms with Crippen LogP contribution in [0.2, 0.25) is 10.0 Å². The molecule has 7 N–H and O–H groups in total. The van der Waals surface area contributed by atoms with E-state index < -0.39 is 5.54 Å². The van der Waals surface area contributed by atoms with Crippen molar-refractivity contribution in [3.63, 3.8) is 0 Å². The summed E-state index contributed by atoms with van der Waals surface area (Å²) in [6.45, 7) is 1.39. The lowest BCUT2D eigenvalue weighted by Crippen LogP contribution is -2.71. The fourth-order valence-electron chi connectivity index (χ4n) is 3.87. The number of methoxy groups -OCH3 is 1. The van der Waals surface area contributed by atoms with Gasteiger partial charge in [-0.1, -0.05) is 23.2 Å². The summed E-state index contributed by atoms with van der Waals surface area (Å²) < 4.78 is 11.3. The van der Waals surface area contributed by atoms with E-state index >= 15 is 0 Å². The maximum Gasteiger partial charge on any atom is 0.162 e. The minimum atomic E-state index is -0.488. The van der Waals surface area contributed by atoms with Gasteiger partial charge in [-0.25, -0.2) is 4.98 Å². The molecule has 1 aliphatic heterocycles. The van der Waals surface area contributed by atoms with Crippen LogP contribution in [0, 0.1) is 16.7 Å². The molecule has 2 aromatic heterocycles. The van der Waals surface area contributed by atoms with Crippen LogP contribution in [0.1, 0.15) is 22.3 Å². The predicted octanol–water partition coefficient (Wildman–Crippen LogP) is 2.72. The number of anilines is 2. The van der Waals surface area contributed by atoms with Crippen LogP contribution in [0.15, 0.2) is 36.8 Å². The van der Waals surface area contributed by atoms with Gasteiger partial charge in [0.2, 0.25) is 0 Å². The molecule has 0 unspecified atom stereocenters. The highest BCUT2D eigenvalue weighted by Crippen LogP contribution is 2.35. The topological polar surface area (TPSA) is 173 Å². The summed E-state index contributed by atoms with van der Waals surface area (Å²) in [6, 6.07) is 6.91. The van der Waals surface area contributed by atoms with Crippen molar-refractivity contribution < 1.29 is 9.47 Å². The number of nitrogens with two attached hydrogens (primary N) is 3. The van der Waals surface area contributed by atoms with Gasteiger partial charge in [-0.2, -0.15) is 5.26 Å². The Balaban J connectivity index is 1.62. The Bertz CT molecular complexity index is 1350. The van der Waals surface area contributed by atoms with Crippen molar-refractivity contribution in [3.8, 4) is 17.6 Å².